The van der Waals surface area contributed by atoms with Crippen molar-refractivity contribution in [2.24, 2.45) is 0 Å². The molecule has 0 aromatic rings. The lowest BCUT2D eigenvalue weighted by molar-refractivity contribution is -0.0108. The van der Waals surface area contributed by atoms with Crippen molar-refractivity contribution in [1.29, 1.82) is 0 Å². The summed E-state index contributed by atoms with van der Waals surface area (Å²) >= 11 is 0. The van der Waals surface area contributed by atoms with Crippen molar-refractivity contribution >= 4 is 5.91 Å². The number of hydrogen-bond acceptors (Lipinski definition) is 6. The second-order valence-electron chi connectivity index (χ2n) is 7.66. The summed E-state index contributed by atoms with van der Waals surface area (Å²) in [6, 6.07) is 0. The van der Waals surface area contributed by atoms with E-state index in [9.17, 15) is 9.90 Å². The maximum atomic E-state index is 12.9. The van der Waals surface area contributed by atoms with Crippen LogP contribution in [0.3, 0.4) is 0 Å². The van der Waals surface area contributed by atoms with Crippen LogP contribution in [0.25, 0.3) is 11.5 Å². The zero-order valence-corrected chi connectivity index (χ0v) is 14.5. The number of carbonyl (C=O) groups excluding carboxylic acids is 1. The van der Waals surface area contributed by atoms with Crippen molar-refractivity contribution < 1.29 is 9.90 Å². The zero-order chi connectivity index (χ0) is 17.7. The fraction of sp³-hybridized carbons (Fsp3) is 0.556. The monoisotopic (exact) mass is 341 g/mol. The van der Waals surface area contributed by atoms with Gasteiger partial charge in [-0.05, 0) is 51.1 Å². The third kappa shape index (κ3) is 2.87. The van der Waals surface area contributed by atoms with Crippen molar-refractivity contribution in [2.75, 3.05) is 13.1 Å². The van der Waals surface area contributed by atoms with Crippen LogP contribution in [0.1, 0.15) is 54.9 Å². The Morgan fingerprint density at radius 1 is 1.28 bits per heavy atom. The number of amides is 1. The second kappa shape index (κ2) is 5.71. The summed E-state index contributed by atoms with van der Waals surface area (Å²) in [7, 11) is 0. The Kier molecular flexibility index (Phi) is 3.73. The van der Waals surface area contributed by atoms with Crippen LogP contribution in [0.2, 0.25) is 0 Å². The highest BCUT2D eigenvalue weighted by atomic mass is 16.3. The van der Waals surface area contributed by atoms with E-state index >= 15 is 0 Å². The Morgan fingerprint density at radius 2 is 2.00 bits per heavy atom. The number of nitrogens with zero attached hydrogens (tertiary/aromatic N) is 3. The predicted octanol–water partition coefficient (Wildman–Crippen LogP) is 1.09. The molecule has 4 rings (SSSR count). The van der Waals surface area contributed by atoms with E-state index in [0.29, 0.717) is 36.0 Å². The zero-order valence-electron chi connectivity index (χ0n) is 14.5. The third-order valence-electron chi connectivity index (χ3n) is 5.43. The van der Waals surface area contributed by atoms with Gasteiger partial charge in [0.05, 0.1) is 16.7 Å². The maximum absolute atomic E-state index is 12.9. The molecule has 0 spiro atoms. The first-order valence-corrected chi connectivity index (χ1v) is 8.76. The molecule has 25 heavy (non-hydrogen) atoms. The molecule has 3 N–H and O–H groups in total. The lowest BCUT2D eigenvalue weighted by atomic mass is 9.81. The molecule has 1 atom stereocenters. The molecule has 2 fully saturated rings. The van der Waals surface area contributed by atoms with Crippen LogP contribution in [-0.4, -0.2) is 50.2 Å². The predicted molar refractivity (Wildman–Crippen MR) is 92.4 cm³/mol. The quantitative estimate of drug-likeness (QED) is 0.770. The molecular weight excluding hydrogens is 318 g/mol. The standard InChI is InChI=1S/C18H23N5O2/c1-17(2,25)18(5-6-19-10-18)23-16(24)13-9-22-15-14(13)20-7-12(8-21-15)11-3-4-11/h7-9,11,19,25H,3-6,10H2,1-2H3,(H,23,24). The molecule has 3 aliphatic heterocycles. The van der Waals surface area contributed by atoms with E-state index in [0.717, 1.165) is 12.1 Å². The van der Waals surface area contributed by atoms with E-state index in [1.54, 1.807) is 26.2 Å². The summed E-state index contributed by atoms with van der Waals surface area (Å²) in [5.74, 6) is 0.734. The molecule has 1 saturated carbocycles. The highest BCUT2D eigenvalue weighted by Gasteiger charge is 2.47. The van der Waals surface area contributed by atoms with Crippen LogP contribution in [-0.2, 0) is 0 Å². The SMILES string of the molecule is CC(C)(O)C1(NC(=O)c2cnc3ncc(C4CC4)cnc2-3)CCNC1. The summed E-state index contributed by atoms with van der Waals surface area (Å²) in [5, 5.41) is 16.8. The number of aliphatic hydroxyl groups is 1. The number of fused-ring (bicyclic) bond motifs is 1. The van der Waals surface area contributed by atoms with Gasteiger partial charge in [0.1, 0.15) is 5.69 Å². The van der Waals surface area contributed by atoms with E-state index in [1.165, 1.54) is 19.0 Å². The van der Waals surface area contributed by atoms with Crippen molar-refractivity contribution in [2.45, 2.75) is 50.2 Å². The topological polar surface area (TPSA) is 100 Å². The van der Waals surface area contributed by atoms with E-state index in [4.69, 9.17) is 0 Å². The van der Waals surface area contributed by atoms with Crippen LogP contribution < -0.4 is 10.6 Å². The Balaban J connectivity index is 1.64. The average molecular weight is 341 g/mol. The van der Waals surface area contributed by atoms with E-state index in [2.05, 4.69) is 25.6 Å². The van der Waals surface area contributed by atoms with Crippen molar-refractivity contribution in [3.8, 4) is 11.5 Å². The first-order chi connectivity index (χ1) is 11.9. The van der Waals surface area contributed by atoms with Gasteiger partial charge in [-0.3, -0.25) is 9.78 Å². The summed E-state index contributed by atoms with van der Waals surface area (Å²) in [4.78, 5) is 26.0. The van der Waals surface area contributed by atoms with Crippen molar-refractivity contribution in [1.82, 2.24) is 25.6 Å². The van der Waals surface area contributed by atoms with Crippen molar-refractivity contribution in [3.63, 3.8) is 0 Å². The van der Waals surface area contributed by atoms with E-state index in [1.807, 2.05) is 0 Å². The largest absolute Gasteiger partial charge is 0.388 e. The molecule has 7 heteroatoms. The van der Waals surface area contributed by atoms with E-state index < -0.39 is 11.1 Å². The van der Waals surface area contributed by atoms with Gasteiger partial charge in [0.25, 0.3) is 5.91 Å². The Hall–Kier alpha value is -2.12. The minimum Gasteiger partial charge on any atom is -0.388 e. The Morgan fingerprint density at radius 3 is 2.64 bits per heavy atom. The summed E-state index contributed by atoms with van der Waals surface area (Å²) < 4.78 is 0. The number of nitrogens with one attached hydrogen (secondary N) is 2. The lowest BCUT2D eigenvalue weighted by Crippen LogP contribution is -2.63. The van der Waals surface area contributed by atoms with Gasteiger partial charge < -0.3 is 15.7 Å². The Labute approximate surface area is 146 Å². The number of aromatic nitrogens is 3. The van der Waals surface area contributed by atoms with Gasteiger partial charge in [-0.25, -0.2) is 9.97 Å². The fourth-order valence-electron chi connectivity index (χ4n) is 3.45. The van der Waals surface area contributed by atoms with Crippen LogP contribution in [0.4, 0.5) is 0 Å². The lowest BCUT2D eigenvalue weighted by Gasteiger charge is -2.40. The first kappa shape index (κ1) is 16.4. The second-order valence-corrected chi connectivity index (χ2v) is 7.66. The minimum absolute atomic E-state index is 0.276. The molecule has 1 unspecified atom stereocenters. The van der Waals surface area contributed by atoms with Gasteiger partial charge in [-0.2, -0.15) is 0 Å². The van der Waals surface area contributed by atoms with Crippen LogP contribution >= 0.6 is 0 Å². The molecule has 1 amide bonds. The van der Waals surface area contributed by atoms with Crippen LogP contribution in [0.15, 0.2) is 18.6 Å². The average Bonchev–Trinajstić information content (AvgIpc) is 3.20. The number of carbonyl (C=O) groups is 1. The summed E-state index contributed by atoms with van der Waals surface area (Å²) in [5.41, 5.74) is 0.240. The van der Waals surface area contributed by atoms with Gasteiger partial charge in [-0.1, -0.05) is 0 Å². The van der Waals surface area contributed by atoms with Gasteiger partial charge >= 0.3 is 0 Å². The van der Waals surface area contributed by atoms with Gasteiger partial charge in [0, 0.05) is 25.1 Å². The molecule has 7 nitrogen and oxygen atoms in total. The molecule has 0 bridgehead atoms. The first-order valence-electron chi connectivity index (χ1n) is 8.76. The Bertz CT molecular complexity index is 775. The molecular formula is C18H23N5O2. The summed E-state index contributed by atoms with van der Waals surface area (Å²) in [6.07, 6.45) is 8.12. The highest BCUT2D eigenvalue weighted by molar-refractivity contribution is 6.00. The van der Waals surface area contributed by atoms with Crippen molar-refractivity contribution in [3.05, 3.63) is 29.7 Å². The van der Waals surface area contributed by atoms with Gasteiger partial charge in [-0.15, -0.1) is 0 Å². The number of hydrogen-bond donors (Lipinski definition) is 3. The molecule has 3 heterocycles. The molecule has 132 valence electrons. The van der Waals surface area contributed by atoms with E-state index in [-0.39, 0.29) is 5.91 Å². The maximum Gasteiger partial charge on any atom is 0.255 e. The van der Waals surface area contributed by atoms with Crippen LogP contribution in [0.5, 0.6) is 0 Å². The van der Waals surface area contributed by atoms with Gasteiger partial charge in [0.15, 0.2) is 5.82 Å². The minimum atomic E-state index is -1.04. The normalized spacial score (nSPS) is 23.8. The van der Waals surface area contributed by atoms with Gasteiger partial charge in [0.2, 0.25) is 0 Å². The highest BCUT2D eigenvalue weighted by Crippen LogP contribution is 2.39. The number of rotatable bonds is 4. The van der Waals surface area contributed by atoms with Crippen LogP contribution in [0, 0.1) is 0 Å². The molecule has 4 aliphatic rings. The molecule has 0 aromatic heterocycles. The smallest absolute Gasteiger partial charge is 0.255 e. The molecule has 1 aliphatic carbocycles. The summed E-state index contributed by atoms with van der Waals surface area (Å²) in [6.45, 7) is 4.73. The fourth-order valence-corrected chi connectivity index (χ4v) is 3.45. The molecule has 0 radical (unpaired) electrons. The third-order valence-corrected chi connectivity index (χ3v) is 5.43. The molecule has 1 saturated heterocycles. The molecule has 0 aromatic carbocycles.